The van der Waals surface area contributed by atoms with Crippen LogP contribution in [0.5, 0.6) is 0 Å². The van der Waals surface area contributed by atoms with Crippen molar-refractivity contribution in [1.82, 2.24) is 8.75 Å². The predicted molar refractivity (Wildman–Crippen MR) is 66.0 cm³/mol. The number of carboxylic acid groups (broad SMARTS) is 1. The zero-order chi connectivity index (χ0) is 13.1. The normalized spacial score (nSPS) is 10.1. The van der Waals surface area contributed by atoms with Crippen molar-refractivity contribution < 1.29 is 14.7 Å². The lowest BCUT2D eigenvalue weighted by molar-refractivity contribution is 0.0697. The highest BCUT2D eigenvalue weighted by atomic mass is 32.1. The van der Waals surface area contributed by atoms with Crippen LogP contribution in [0.2, 0.25) is 0 Å². The van der Waals surface area contributed by atoms with Gasteiger partial charge in [-0.25, -0.2) is 4.79 Å². The smallest absolute Gasteiger partial charge is 0.338 e. The van der Waals surface area contributed by atoms with Crippen LogP contribution in [-0.4, -0.2) is 25.7 Å². The summed E-state index contributed by atoms with van der Waals surface area (Å²) in [6.45, 7) is 1.67. The molecule has 18 heavy (non-hydrogen) atoms. The molecule has 1 amide bonds. The highest BCUT2D eigenvalue weighted by Gasteiger charge is 2.16. The van der Waals surface area contributed by atoms with E-state index in [2.05, 4.69) is 14.1 Å². The van der Waals surface area contributed by atoms with Gasteiger partial charge < -0.3 is 10.4 Å². The maximum atomic E-state index is 11.8. The van der Waals surface area contributed by atoms with Gasteiger partial charge in [-0.3, -0.25) is 4.79 Å². The Kier molecular flexibility index (Phi) is 3.33. The summed E-state index contributed by atoms with van der Waals surface area (Å²) >= 11 is 0.915. The van der Waals surface area contributed by atoms with Gasteiger partial charge in [0.1, 0.15) is 0 Å². The molecule has 6 nitrogen and oxygen atoms in total. The largest absolute Gasteiger partial charge is 0.478 e. The number of aryl methyl sites for hydroxylation is 1. The Bertz CT molecular complexity index is 596. The molecule has 0 aliphatic carbocycles. The van der Waals surface area contributed by atoms with Crippen LogP contribution in [0.4, 0.5) is 5.69 Å². The first-order chi connectivity index (χ1) is 8.59. The van der Waals surface area contributed by atoms with Gasteiger partial charge in [0.25, 0.3) is 5.91 Å². The molecule has 2 rings (SSSR count). The Morgan fingerprint density at radius 3 is 2.78 bits per heavy atom. The number of carbonyl (C=O) groups is 2. The molecular weight excluding hydrogens is 254 g/mol. The topological polar surface area (TPSA) is 92.2 Å². The third-order valence-electron chi connectivity index (χ3n) is 2.33. The Morgan fingerprint density at radius 2 is 2.17 bits per heavy atom. The van der Waals surface area contributed by atoms with Gasteiger partial charge >= 0.3 is 5.97 Å². The second-order valence-corrected chi connectivity index (χ2v) is 4.11. The number of rotatable bonds is 3. The van der Waals surface area contributed by atoms with Crippen molar-refractivity contribution in [3.8, 4) is 0 Å². The number of nitrogens with one attached hydrogen (secondary N) is 1. The Labute approximate surface area is 107 Å². The summed E-state index contributed by atoms with van der Waals surface area (Å²) in [5.41, 5.74) is 1.07. The highest BCUT2D eigenvalue weighted by Crippen LogP contribution is 2.20. The van der Waals surface area contributed by atoms with Crippen LogP contribution in [0.25, 0.3) is 0 Å². The highest BCUT2D eigenvalue weighted by molar-refractivity contribution is 6.99. The van der Waals surface area contributed by atoms with E-state index in [1.54, 1.807) is 19.1 Å². The second-order valence-electron chi connectivity index (χ2n) is 3.55. The van der Waals surface area contributed by atoms with Crippen molar-refractivity contribution in [2.24, 2.45) is 0 Å². The quantitative estimate of drug-likeness (QED) is 0.880. The molecule has 1 heterocycles. The Balaban J connectivity index is 2.32. The fourth-order valence-corrected chi connectivity index (χ4v) is 1.92. The van der Waals surface area contributed by atoms with Crippen LogP contribution in [-0.2, 0) is 0 Å². The maximum absolute atomic E-state index is 11.8. The van der Waals surface area contributed by atoms with E-state index < -0.39 is 11.9 Å². The molecule has 0 saturated carbocycles. The minimum Gasteiger partial charge on any atom is -0.478 e. The van der Waals surface area contributed by atoms with Crippen LogP contribution in [0.15, 0.2) is 24.4 Å². The molecule has 7 heteroatoms. The monoisotopic (exact) mass is 263 g/mol. The van der Waals surface area contributed by atoms with Crippen LogP contribution in [0, 0.1) is 6.92 Å². The first-order valence-electron chi connectivity index (χ1n) is 5.01. The van der Waals surface area contributed by atoms with E-state index in [9.17, 15) is 9.59 Å². The van der Waals surface area contributed by atoms with E-state index in [4.69, 9.17) is 5.11 Å². The summed E-state index contributed by atoms with van der Waals surface area (Å²) < 4.78 is 7.49. The molecule has 0 saturated heterocycles. The molecule has 2 aromatic rings. The molecule has 92 valence electrons. The van der Waals surface area contributed by atoms with Gasteiger partial charge in [-0.15, -0.1) is 0 Å². The number of hydrogen-bond donors (Lipinski definition) is 2. The van der Waals surface area contributed by atoms with Gasteiger partial charge in [0.05, 0.1) is 29.2 Å². The number of benzene rings is 1. The van der Waals surface area contributed by atoms with E-state index >= 15 is 0 Å². The Hall–Kier alpha value is -2.28. The predicted octanol–water partition coefficient (Wildman–Crippen LogP) is 1.80. The third-order valence-corrected chi connectivity index (χ3v) is 2.81. The van der Waals surface area contributed by atoms with Crippen LogP contribution >= 0.6 is 11.7 Å². The average Bonchev–Trinajstić information content (AvgIpc) is 2.81. The second kappa shape index (κ2) is 4.92. The fourth-order valence-electron chi connectivity index (χ4n) is 1.51. The summed E-state index contributed by atoms with van der Waals surface area (Å²) in [5.74, 6) is -1.56. The number of hydrogen-bond acceptors (Lipinski definition) is 5. The molecular formula is C11H9N3O3S. The summed E-state index contributed by atoms with van der Waals surface area (Å²) in [4.78, 5) is 22.9. The summed E-state index contributed by atoms with van der Waals surface area (Å²) in [5, 5.41) is 11.6. The van der Waals surface area contributed by atoms with Crippen LogP contribution < -0.4 is 5.32 Å². The molecule has 0 spiro atoms. The lowest BCUT2D eigenvalue weighted by atomic mass is 10.1. The lowest BCUT2D eigenvalue weighted by Gasteiger charge is -2.09. The first kappa shape index (κ1) is 12.2. The minimum atomic E-state index is -1.08. The average molecular weight is 263 g/mol. The zero-order valence-corrected chi connectivity index (χ0v) is 10.2. The number of aromatic nitrogens is 2. The number of amides is 1. The molecule has 0 atom stereocenters. The van der Waals surface area contributed by atoms with Crippen molar-refractivity contribution >= 4 is 29.3 Å². The van der Waals surface area contributed by atoms with Gasteiger partial charge in [-0.1, -0.05) is 12.1 Å². The number of aromatic carboxylic acids is 1. The van der Waals surface area contributed by atoms with Gasteiger partial charge in [0.2, 0.25) is 0 Å². The van der Waals surface area contributed by atoms with Crippen molar-refractivity contribution in [2.45, 2.75) is 6.92 Å². The van der Waals surface area contributed by atoms with Crippen LogP contribution in [0.1, 0.15) is 26.4 Å². The SMILES string of the molecule is Cc1cccc(NC(=O)c2cnsn2)c1C(=O)O. The Morgan fingerprint density at radius 1 is 1.39 bits per heavy atom. The van der Waals surface area contributed by atoms with E-state index in [0.29, 0.717) is 5.56 Å². The van der Waals surface area contributed by atoms with E-state index in [1.165, 1.54) is 12.3 Å². The first-order valence-corrected chi connectivity index (χ1v) is 5.74. The molecule has 0 radical (unpaired) electrons. The van der Waals surface area contributed by atoms with Gasteiger partial charge in [0, 0.05) is 0 Å². The zero-order valence-electron chi connectivity index (χ0n) is 9.38. The van der Waals surface area contributed by atoms with Crippen molar-refractivity contribution in [3.05, 3.63) is 41.2 Å². The number of anilines is 1. The summed E-state index contributed by atoms with van der Waals surface area (Å²) in [6, 6.07) is 4.88. The standard InChI is InChI=1S/C11H9N3O3S/c1-6-3-2-4-7(9(6)11(16)17)13-10(15)8-5-12-18-14-8/h2-5H,1H3,(H,13,15)(H,16,17). The molecule has 0 aliphatic heterocycles. The fraction of sp³-hybridized carbons (Fsp3) is 0.0909. The summed E-state index contributed by atoms with van der Waals surface area (Å²) in [6.07, 6.45) is 1.33. The molecule has 2 N–H and O–H groups in total. The molecule has 0 fully saturated rings. The van der Waals surface area contributed by atoms with E-state index in [0.717, 1.165) is 11.7 Å². The van der Waals surface area contributed by atoms with Gasteiger partial charge in [-0.05, 0) is 18.6 Å². The van der Waals surface area contributed by atoms with Crippen molar-refractivity contribution in [3.63, 3.8) is 0 Å². The van der Waals surface area contributed by atoms with E-state index in [1.807, 2.05) is 0 Å². The molecule has 0 unspecified atom stereocenters. The maximum Gasteiger partial charge on any atom is 0.338 e. The molecule has 0 aliphatic rings. The number of carboxylic acids is 1. The van der Waals surface area contributed by atoms with Gasteiger partial charge in [0.15, 0.2) is 5.69 Å². The molecule has 1 aromatic carbocycles. The van der Waals surface area contributed by atoms with Crippen molar-refractivity contribution in [2.75, 3.05) is 5.32 Å². The van der Waals surface area contributed by atoms with E-state index in [-0.39, 0.29) is 16.9 Å². The molecule has 1 aromatic heterocycles. The number of carbonyl (C=O) groups excluding carboxylic acids is 1. The van der Waals surface area contributed by atoms with Crippen LogP contribution in [0.3, 0.4) is 0 Å². The van der Waals surface area contributed by atoms with Crippen molar-refractivity contribution in [1.29, 1.82) is 0 Å². The minimum absolute atomic E-state index is 0.0778. The third kappa shape index (κ3) is 2.35. The summed E-state index contributed by atoms with van der Waals surface area (Å²) in [7, 11) is 0. The lowest BCUT2D eigenvalue weighted by Crippen LogP contribution is -2.15. The number of nitrogens with zero attached hydrogens (tertiary/aromatic N) is 2. The van der Waals surface area contributed by atoms with Gasteiger partial charge in [-0.2, -0.15) is 8.75 Å². The molecule has 0 bridgehead atoms.